The van der Waals surface area contributed by atoms with Gasteiger partial charge in [0.2, 0.25) is 0 Å². The summed E-state index contributed by atoms with van der Waals surface area (Å²) in [4.78, 5) is 34.2. The Hall–Kier alpha value is -1.69. The molecule has 0 aliphatic rings. The molecule has 96 valence electrons. The van der Waals surface area contributed by atoms with Gasteiger partial charge in [0.15, 0.2) is 5.78 Å². The monoisotopic (exact) mass is 244 g/mol. The molecular weight excluding hydrogens is 228 g/mol. The molecule has 0 saturated carbocycles. The second-order valence-corrected chi connectivity index (χ2v) is 3.19. The SMILES string of the molecule is C=C(C(C)=O)C(O)(C(=O)OCC)C(=O)OCC. The van der Waals surface area contributed by atoms with E-state index in [4.69, 9.17) is 0 Å². The third-order valence-electron chi connectivity index (χ3n) is 2.00. The largest absolute Gasteiger partial charge is 0.463 e. The number of ether oxygens (including phenoxy) is 2. The van der Waals surface area contributed by atoms with E-state index in [-0.39, 0.29) is 13.2 Å². The Morgan fingerprint density at radius 3 is 1.71 bits per heavy atom. The van der Waals surface area contributed by atoms with E-state index in [1.165, 1.54) is 13.8 Å². The molecule has 0 rings (SSSR count). The number of aliphatic hydroxyl groups is 1. The van der Waals surface area contributed by atoms with Gasteiger partial charge >= 0.3 is 11.9 Å². The summed E-state index contributed by atoms with van der Waals surface area (Å²) < 4.78 is 9.09. The minimum Gasteiger partial charge on any atom is -0.463 e. The number of esters is 2. The molecule has 0 aromatic heterocycles. The molecule has 0 amide bonds. The number of ketones is 1. The van der Waals surface area contributed by atoms with Gasteiger partial charge in [0.05, 0.1) is 13.2 Å². The zero-order valence-electron chi connectivity index (χ0n) is 10.1. The van der Waals surface area contributed by atoms with Gasteiger partial charge in [-0.2, -0.15) is 0 Å². The van der Waals surface area contributed by atoms with Gasteiger partial charge in [-0.05, 0) is 20.8 Å². The van der Waals surface area contributed by atoms with Crippen LogP contribution in [-0.2, 0) is 23.9 Å². The molecule has 6 nitrogen and oxygen atoms in total. The van der Waals surface area contributed by atoms with Crippen molar-refractivity contribution in [1.29, 1.82) is 0 Å². The lowest BCUT2D eigenvalue weighted by molar-refractivity contribution is -0.179. The van der Waals surface area contributed by atoms with Gasteiger partial charge in [-0.3, -0.25) is 4.79 Å². The number of carbonyl (C=O) groups excluding carboxylic acids is 3. The summed E-state index contributed by atoms with van der Waals surface area (Å²) in [7, 11) is 0. The van der Waals surface area contributed by atoms with Crippen molar-refractivity contribution in [3.05, 3.63) is 12.2 Å². The van der Waals surface area contributed by atoms with Gasteiger partial charge in [-0.15, -0.1) is 0 Å². The Morgan fingerprint density at radius 1 is 1.12 bits per heavy atom. The minimum absolute atomic E-state index is 0.0499. The molecule has 0 fully saturated rings. The van der Waals surface area contributed by atoms with Crippen LogP contribution in [0.25, 0.3) is 0 Å². The number of hydrogen-bond acceptors (Lipinski definition) is 6. The fourth-order valence-corrected chi connectivity index (χ4v) is 1.06. The lowest BCUT2D eigenvalue weighted by Gasteiger charge is -2.24. The zero-order valence-corrected chi connectivity index (χ0v) is 10.1. The van der Waals surface area contributed by atoms with Gasteiger partial charge in [-0.1, -0.05) is 6.58 Å². The fourth-order valence-electron chi connectivity index (χ4n) is 1.06. The van der Waals surface area contributed by atoms with Gasteiger partial charge in [-0.25, -0.2) is 9.59 Å². The average Bonchev–Trinajstić information content (AvgIpc) is 2.27. The van der Waals surface area contributed by atoms with Gasteiger partial charge in [0.1, 0.15) is 0 Å². The predicted molar refractivity (Wildman–Crippen MR) is 58.0 cm³/mol. The molecule has 0 aliphatic carbocycles. The van der Waals surface area contributed by atoms with Crippen molar-refractivity contribution < 1.29 is 29.0 Å². The normalized spacial score (nSPS) is 10.6. The summed E-state index contributed by atoms with van der Waals surface area (Å²) in [5.41, 5.74) is -3.34. The first-order valence-electron chi connectivity index (χ1n) is 5.09. The number of hydrogen-bond donors (Lipinski definition) is 1. The topological polar surface area (TPSA) is 89.9 Å². The van der Waals surface area contributed by atoms with Crippen LogP contribution in [-0.4, -0.2) is 41.6 Å². The number of rotatable bonds is 6. The van der Waals surface area contributed by atoms with E-state index in [9.17, 15) is 19.5 Å². The first-order chi connectivity index (χ1) is 7.82. The highest BCUT2D eigenvalue weighted by Crippen LogP contribution is 2.20. The van der Waals surface area contributed by atoms with Crippen LogP contribution in [0, 0.1) is 0 Å². The fraction of sp³-hybridized carbons (Fsp3) is 0.545. The molecule has 0 unspecified atom stereocenters. The van der Waals surface area contributed by atoms with E-state index in [1.54, 1.807) is 0 Å². The van der Waals surface area contributed by atoms with Gasteiger partial charge in [0.25, 0.3) is 5.60 Å². The van der Waals surface area contributed by atoms with Crippen molar-refractivity contribution >= 4 is 17.7 Å². The quantitative estimate of drug-likeness (QED) is 0.401. The Labute approximate surface area is 99.2 Å². The molecule has 0 bridgehead atoms. The average molecular weight is 244 g/mol. The molecule has 17 heavy (non-hydrogen) atoms. The molecule has 0 atom stereocenters. The Morgan fingerprint density at radius 2 is 1.47 bits per heavy atom. The third-order valence-corrected chi connectivity index (χ3v) is 2.00. The highest BCUT2D eigenvalue weighted by Gasteiger charge is 2.51. The van der Waals surface area contributed by atoms with Crippen LogP contribution in [0.3, 0.4) is 0 Å². The molecule has 0 aromatic carbocycles. The minimum atomic E-state index is -2.77. The van der Waals surface area contributed by atoms with Crippen LogP contribution >= 0.6 is 0 Å². The summed E-state index contributed by atoms with van der Waals surface area (Å²) in [6, 6.07) is 0. The molecule has 0 saturated heterocycles. The highest BCUT2D eigenvalue weighted by atomic mass is 16.6. The maximum Gasteiger partial charge on any atom is 0.355 e. The summed E-state index contributed by atoms with van der Waals surface area (Å²) >= 11 is 0. The Bertz CT molecular complexity index is 326. The van der Waals surface area contributed by atoms with Crippen LogP contribution in [0.5, 0.6) is 0 Å². The molecule has 0 spiro atoms. The van der Waals surface area contributed by atoms with Crippen molar-refractivity contribution in [1.82, 2.24) is 0 Å². The van der Waals surface area contributed by atoms with E-state index in [1.807, 2.05) is 0 Å². The predicted octanol–water partition coefficient (Wildman–Crippen LogP) is -0.0111. The van der Waals surface area contributed by atoms with Crippen LogP contribution in [0.15, 0.2) is 12.2 Å². The molecule has 0 radical (unpaired) electrons. The zero-order chi connectivity index (χ0) is 13.6. The van der Waals surface area contributed by atoms with Crippen LogP contribution in [0.4, 0.5) is 0 Å². The maximum atomic E-state index is 11.5. The van der Waals surface area contributed by atoms with Crippen molar-refractivity contribution in [2.75, 3.05) is 13.2 Å². The highest BCUT2D eigenvalue weighted by molar-refractivity contribution is 6.15. The smallest absolute Gasteiger partial charge is 0.355 e. The van der Waals surface area contributed by atoms with E-state index in [2.05, 4.69) is 16.1 Å². The summed E-state index contributed by atoms with van der Waals surface area (Å²) in [6.07, 6.45) is 0. The molecular formula is C11H16O6. The molecule has 0 heterocycles. The van der Waals surface area contributed by atoms with Crippen LogP contribution in [0.1, 0.15) is 20.8 Å². The Balaban J connectivity index is 5.35. The van der Waals surface area contributed by atoms with Crippen LogP contribution < -0.4 is 0 Å². The van der Waals surface area contributed by atoms with Crippen molar-refractivity contribution in [3.8, 4) is 0 Å². The van der Waals surface area contributed by atoms with E-state index >= 15 is 0 Å². The summed E-state index contributed by atoms with van der Waals surface area (Å²) in [6.45, 7) is 7.21. The van der Waals surface area contributed by atoms with Gasteiger partial charge < -0.3 is 14.6 Å². The lowest BCUT2D eigenvalue weighted by Crippen LogP contribution is -2.51. The Kier molecular flexibility index (Phi) is 5.53. The standard InChI is InChI=1S/C11H16O6/c1-5-16-9(13)11(15,7(3)8(4)12)10(14)17-6-2/h15H,3,5-6H2,1-2,4H3. The maximum absolute atomic E-state index is 11.5. The second kappa shape index (κ2) is 6.15. The van der Waals surface area contributed by atoms with Gasteiger partial charge in [0, 0.05) is 5.57 Å². The van der Waals surface area contributed by atoms with Crippen LogP contribution in [0.2, 0.25) is 0 Å². The molecule has 0 aliphatic heterocycles. The van der Waals surface area contributed by atoms with Crippen molar-refractivity contribution in [2.45, 2.75) is 26.4 Å². The van der Waals surface area contributed by atoms with E-state index < -0.39 is 28.9 Å². The molecule has 0 aromatic rings. The third kappa shape index (κ3) is 3.13. The summed E-state index contributed by atoms with van der Waals surface area (Å²) in [5.74, 6) is -3.23. The van der Waals surface area contributed by atoms with Crippen molar-refractivity contribution in [2.24, 2.45) is 0 Å². The lowest BCUT2D eigenvalue weighted by atomic mass is 9.92. The second-order valence-electron chi connectivity index (χ2n) is 3.19. The number of Topliss-reactive ketones (excluding diaryl/α,β-unsaturated/α-hetero) is 1. The van der Waals surface area contributed by atoms with E-state index in [0.717, 1.165) is 6.92 Å². The molecule has 6 heteroatoms. The van der Waals surface area contributed by atoms with Crippen molar-refractivity contribution in [3.63, 3.8) is 0 Å². The first-order valence-corrected chi connectivity index (χ1v) is 5.09. The first kappa shape index (κ1) is 15.3. The summed E-state index contributed by atoms with van der Waals surface area (Å²) in [5, 5.41) is 9.98. The molecule has 1 N–H and O–H groups in total. The van der Waals surface area contributed by atoms with E-state index in [0.29, 0.717) is 0 Å². The number of carbonyl (C=O) groups is 3.